The maximum absolute atomic E-state index is 12.9. The highest BCUT2D eigenvalue weighted by atomic mass is 32.1. The maximum Gasteiger partial charge on any atom is 0.255 e. The second kappa shape index (κ2) is 5.74. The highest BCUT2D eigenvalue weighted by Gasteiger charge is 2.41. The Bertz CT molecular complexity index is 706. The Balaban J connectivity index is 1.63. The van der Waals surface area contributed by atoms with Gasteiger partial charge in [0.1, 0.15) is 11.6 Å². The minimum absolute atomic E-state index is 0.183. The van der Waals surface area contributed by atoms with E-state index in [1.807, 2.05) is 16.8 Å². The summed E-state index contributed by atoms with van der Waals surface area (Å²) in [7, 11) is 0. The van der Waals surface area contributed by atoms with Gasteiger partial charge in [-0.3, -0.25) is 4.79 Å². The third-order valence-electron chi connectivity index (χ3n) is 4.93. The van der Waals surface area contributed by atoms with Gasteiger partial charge in [-0.2, -0.15) is 11.3 Å². The molecule has 2 aliphatic heterocycles. The van der Waals surface area contributed by atoms with Crippen LogP contribution in [0, 0.1) is 5.92 Å². The van der Waals surface area contributed by atoms with E-state index in [-0.39, 0.29) is 18.0 Å². The van der Waals surface area contributed by atoms with Gasteiger partial charge in [-0.15, -0.1) is 10.2 Å². The lowest BCUT2D eigenvalue weighted by molar-refractivity contribution is 0.0665. The molecular weight excluding hydrogens is 308 g/mol. The molecule has 2 atom stereocenters. The lowest BCUT2D eigenvalue weighted by Gasteiger charge is -2.27. The molecule has 0 radical (unpaired) electrons. The molecule has 6 heteroatoms. The first-order valence-electron chi connectivity index (χ1n) is 8.39. The number of rotatable bonds is 3. The standard InChI is InChI=1S/C17H22N4OS/c1-11(2)7-15-18-19-16-8-13-3-4-14(9-20(15)16)21(13)17(22)12-5-6-23-10-12/h5-6,10-11,13-14H,3-4,7-9H2,1-2H3. The SMILES string of the molecule is CC(C)Cc1nnc2n1CC1CCC(C2)N1C(=O)c1ccsc1. The van der Waals surface area contributed by atoms with Crippen LogP contribution in [0.2, 0.25) is 0 Å². The highest BCUT2D eigenvalue weighted by molar-refractivity contribution is 7.08. The molecule has 5 nitrogen and oxygen atoms in total. The molecule has 4 heterocycles. The zero-order valence-electron chi connectivity index (χ0n) is 13.6. The second-order valence-corrected chi connectivity index (χ2v) is 7.83. The van der Waals surface area contributed by atoms with Crippen LogP contribution in [0.4, 0.5) is 0 Å². The van der Waals surface area contributed by atoms with Gasteiger partial charge in [0.2, 0.25) is 0 Å². The molecule has 1 saturated heterocycles. The third kappa shape index (κ3) is 2.59. The molecule has 4 rings (SSSR count). The van der Waals surface area contributed by atoms with Gasteiger partial charge in [-0.1, -0.05) is 13.8 Å². The van der Waals surface area contributed by atoms with Gasteiger partial charge in [0.15, 0.2) is 0 Å². The normalized spacial score (nSPS) is 23.2. The number of carbonyl (C=O) groups is 1. The van der Waals surface area contributed by atoms with Crippen molar-refractivity contribution in [1.82, 2.24) is 19.7 Å². The van der Waals surface area contributed by atoms with Gasteiger partial charge >= 0.3 is 0 Å². The molecule has 0 aromatic carbocycles. The minimum Gasteiger partial charge on any atom is -0.330 e. The molecule has 2 aromatic rings. The van der Waals surface area contributed by atoms with E-state index in [9.17, 15) is 4.79 Å². The van der Waals surface area contributed by atoms with Crippen LogP contribution in [0.5, 0.6) is 0 Å². The van der Waals surface area contributed by atoms with E-state index in [0.29, 0.717) is 5.92 Å². The van der Waals surface area contributed by atoms with Crippen molar-refractivity contribution >= 4 is 17.2 Å². The van der Waals surface area contributed by atoms with Crippen LogP contribution in [-0.2, 0) is 19.4 Å². The summed E-state index contributed by atoms with van der Waals surface area (Å²) in [6.45, 7) is 5.25. The molecule has 0 aliphatic carbocycles. The first-order valence-corrected chi connectivity index (χ1v) is 9.33. The van der Waals surface area contributed by atoms with Crippen LogP contribution in [-0.4, -0.2) is 37.7 Å². The topological polar surface area (TPSA) is 51.0 Å². The molecule has 1 amide bonds. The van der Waals surface area contributed by atoms with Crippen LogP contribution in [0.1, 0.15) is 48.7 Å². The lowest BCUT2D eigenvalue weighted by atomic mass is 10.1. The van der Waals surface area contributed by atoms with Crippen molar-refractivity contribution in [3.63, 3.8) is 0 Å². The number of carbonyl (C=O) groups excluding carboxylic acids is 1. The zero-order valence-corrected chi connectivity index (χ0v) is 14.4. The molecule has 122 valence electrons. The highest BCUT2D eigenvalue weighted by Crippen LogP contribution is 2.33. The summed E-state index contributed by atoms with van der Waals surface area (Å²) in [6.07, 6.45) is 3.94. The first kappa shape index (κ1) is 14.9. The first-order chi connectivity index (χ1) is 11.1. The lowest BCUT2D eigenvalue weighted by Crippen LogP contribution is -2.42. The van der Waals surface area contributed by atoms with Crippen molar-refractivity contribution in [3.05, 3.63) is 34.0 Å². The van der Waals surface area contributed by atoms with Crippen LogP contribution >= 0.6 is 11.3 Å². The van der Waals surface area contributed by atoms with Gasteiger partial charge in [0.25, 0.3) is 5.91 Å². The average molecular weight is 330 g/mol. The Morgan fingerprint density at radius 3 is 2.91 bits per heavy atom. The van der Waals surface area contributed by atoms with Crippen molar-refractivity contribution in [3.8, 4) is 0 Å². The monoisotopic (exact) mass is 330 g/mol. The maximum atomic E-state index is 12.9. The van der Waals surface area contributed by atoms with E-state index >= 15 is 0 Å². The molecule has 0 spiro atoms. The molecule has 2 aliphatic rings. The summed E-state index contributed by atoms with van der Waals surface area (Å²) in [5.41, 5.74) is 0.826. The minimum atomic E-state index is 0.183. The van der Waals surface area contributed by atoms with Crippen molar-refractivity contribution < 1.29 is 4.79 Å². The molecule has 2 aromatic heterocycles. The van der Waals surface area contributed by atoms with Gasteiger partial charge in [0, 0.05) is 30.8 Å². The largest absolute Gasteiger partial charge is 0.330 e. The number of hydrogen-bond donors (Lipinski definition) is 0. The predicted molar refractivity (Wildman–Crippen MR) is 89.6 cm³/mol. The Kier molecular flexibility index (Phi) is 3.71. The summed E-state index contributed by atoms with van der Waals surface area (Å²) in [4.78, 5) is 15.0. The number of nitrogens with zero attached hydrogens (tertiary/aromatic N) is 4. The van der Waals surface area contributed by atoms with Crippen LogP contribution in [0.25, 0.3) is 0 Å². The van der Waals surface area contributed by atoms with E-state index in [4.69, 9.17) is 0 Å². The number of thiophene rings is 1. The van der Waals surface area contributed by atoms with E-state index < -0.39 is 0 Å². The smallest absolute Gasteiger partial charge is 0.255 e. The number of aromatic nitrogens is 3. The van der Waals surface area contributed by atoms with Crippen molar-refractivity contribution in [2.75, 3.05) is 0 Å². The molecular formula is C17H22N4OS. The van der Waals surface area contributed by atoms with E-state index in [1.54, 1.807) is 11.3 Å². The Hall–Kier alpha value is -1.69. The fourth-order valence-corrected chi connectivity index (χ4v) is 4.51. The van der Waals surface area contributed by atoms with Crippen molar-refractivity contribution in [2.45, 2.75) is 58.2 Å². The van der Waals surface area contributed by atoms with Gasteiger partial charge in [-0.25, -0.2) is 0 Å². The van der Waals surface area contributed by atoms with E-state index in [2.05, 4.69) is 33.5 Å². The third-order valence-corrected chi connectivity index (χ3v) is 5.61. The van der Waals surface area contributed by atoms with Crippen LogP contribution < -0.4 is 0 Å². The second-order valence-electron chi connectivity index (χ2n) is 7.05. The number of amides is 1. The van der Waals surface area contributed by atoms with E-state index in [1.165, 1.54) is 0 Å². The van der Waals surface area contributed by atoms with Crippen LogP contribution in [0.3, 0.4) is 0 Å². The molecule has 23 heavy (non-hydrogen) atoms. The quantitative estimate of drug-likeness (QED) is 0.869. The fraction of sp³-hybridized carbons (Fsp3) is 0.588. The molecule has 0 saturated carbocycles. The molecule has 0 N–H and O–H groups in total. The Morgan fingerprint density at radius 2 is 2.17 bits per heavy atom. The van der Waals surface area contributed by atoms with Crippen LogP contribution in [0.15, 0.2) is 16.8 Å². The summed E-state index contributed by atoms with van der Waals surface area (Å²) in [5, 5.41) is 12.8. The van der Waals surface area contributed by atoms with Crippen molar-refractivity contribution in [2.24, 2.45) is 5.92 Å². The van der Waals surface area contributed by atoms with E-state index in [0.717, 1.165) is 49.4 Å². The zero-order chi connectivity index (χ0) is 16.0. The molecule has 2 bridgehead atoms. The predicted octanol–water partition coefficient (Wildman–Crippen LogP) is 2.77. The van der Waals surface area contributed by atoms with Gasteiger partial charge in [-0.05, 0) is 30.2 Å². The summed E-state index contributed by atoms with van der Waals surface area (Å²) >= 11 is 1.58. The number of hydrogen-bond acceptors (Lipinski definition) is 4. The Labute approximate surface area is 140 Å². The molecule has 1 fully saturated rings. The average Bonchev–Trinajstić information content (AvgIpc) is 3.19. The Morgan fingerprint density at radius 1 is 1.35 bits per heavy atom. The summed E-state index contributed by atoms with van der Waals surface area (Å²) in [5.74, 6) is 2.87. The fourth-order valence-electron chi connectivity index (χ4n) is 3.88. The van der Waals surface area contributed by atoms with Crippen molar-refractivity contribution in [1.29, 1.82) is 0 Å². The summed E-state index contributed by atoms with van der Waals surface area (Å²) in [6, 6.07) is 2.47. The summed E-state index contributed by atoms with van der Waals surface area (Å²) < 4.78 is 2.28. The van der Waals surface area contributed by atoms with Gasteiger partial charge < -0.3 is 9.47 Å². The molecule has 2 unspecified atom stereocenters. The number of fused-ring (bicyclic) bond motifs is 3. The van der Waals surface area contributed by atoms with Gasteiger partial charge in [0.05, 0.1) is 11.6 Å².